The topological polar surface area (TPSA) is 39.7 Å². The highest BCUT2D eigenvalue weighted by molar-refractivity contribution is 4.49. The second kappa shape index (κ2) is 13.9. The number of unbranched alkanes of at least 4 members (excludes halogenated alkanes) is 4. The maximum Gasteiger partial charge on any atom is 0.157 e. The maximum absolute atomic E-state index is 5.49. The summed E-state index contributed by atoms with van der Waals surface area (Å²) in [6, 6.07) is 0. The van der Waals surface area contributed by atoms with E-state index in [9.17, 15) is 0 Å². The van der Waals surface area contributed by atoms with E-state index in [1.165, 1.54) is 25.7 Å². The van der Waals surface area contributed by atoms with Crippen LogP contribution in [0.15, 0.2) is 0 Å². The number of hydrogen-bond donors (Lipinski definition) is 1. The van der Waals surface area contributed by atoms with Crippen molar-refractivity contribution in [3.05, 3.63) is 0 Å². The van der Waals surface area contributed by atoms with Crippen molar-refractivity contribution in [2.75, 3.05) is 26.9 Å². The summed E-state index contributed by atoms with van der Waals surface area (Å²) in [5, 5.41) is 0. The summed E-state index contributed by atoms with van der Waals surface area (Å²) < 4.78 is 11.0. The molecule has 0 fully saturated rings. The van der Waals surface area contributed by atoms with Crippen LogP contribution in [0.1, 0.15) is 52.4 Å². The van der Waals surface area contributed by atoms with Gasteiger partial charge in [0.05, 0.1) is 6.61 Å². The van der Waals surface area contributed by atoms with E-state index in [0.717, 1.165) is 32.7 Å². The van der Waals surface area contributed by atoms with Gasteiger partial charge in [-0.05, 0) is 33.1 Å². The van der Waals surface area contributed by atoms with E-state index in [2.05, 4.69) is 5.48 Å². The summed E-state index contributed by atoms with van der Waals surface area (Å²) >= 11 is 0. The minimum Gasteiger partial charge on any atom is -0.353 e. The molecule has 0 aromatic rings. The van der Waals surface area contributed by atoms with Gasteiger partial charge in [0, 0.05) is 20.3 Å². The zero-order chi connectivity index (χ0) is 12.8. The van der Waals surface area contributed by atoms with Crippen LogP contribution in [0.3, 0.4) is 0 Å². The highest BCUT2D eigenvalue weighted by Gasteiger charge is 2.06. The fraction of sp³-hybridized carbons (Fsp3) is 1.00. The van der Waals surface area contributed by atoms with Crippen LogP contribution in [-0.2, 0) is 14.3 Å². The smallest absolute Gasteiger partial charge is 0.157 e. The van der Waals surface area contributed by atoms with Crippen LogP contribution >= 0.6 is 0 Å². The molecule has 17 heavy (non-hydrogen) atoms. The molecule has 0 bridgehead atoms. The molecule has 0 amide bonds. The molecule has 0 unspecified atom stereocenters. The van der Waals surface area contributed by atoms with Gasteiger partial charge in [0.15, 0.2) is 6.29 Å². The van der Waals surface area contributed by atoms with E-state index in [1.54, 1.807) is 7.05 Å². The summed E-state index contributed by atoms with van der Waals surface area (Å²) in [7, 11) is 1.79. The normalized spacial score (nSPS) is 11.3. The molecule has 0 rings (SSSR count). The lowest BCUT2D eigenvalue weighted by molar-refractivity contribution is -0.140. The fourth-order valence-corrected chi connectivity index (χ4v) is 1.70. The predicted molar refractivity (Wildman–Crippen MR) is 69.8 cm³/mol. The molecule has 0 saturated carbocycles. The van der Waals surface area contributed by atoms with Crippen molar-refractivity contribution in [3.8, 4) is 0 Å². The number of nitrogens with one attached hydrogen (secondary N) is 1. The molecule has 0 heterocycles. The van der Waals surface area contributed by atoms with E-state index in [4.69, 9.17) is 14.3 Å². The third-order valence-electron chi connectivity index (χ3n) is 2.54. The third kappa shape index (κ3) is 12.1. The van der Waals surface area contributed by atoms with Crippen molar-refractivity contribution in [1.29, 1.82) is 0 Å². The van der Waals surface area contributed by atoms with Gasteiger partial charge in [0.2, 0.25) is 0 Å². The molecule has 0 saturated heterocycles. The van der Waals surface area contributed by atoms with Crippen LogP contribution in [0.25, 0.3) is 0 Å². The Morgan fingerprint density at radius 3 is 2.06 bits per heavy atom. The SMILES string of the molecule is CCOC(CCCCCCCONC)OCC. The Bertz CT molecular complexity index is 139. The van der Waals surface area contributed by atoms with Crippen LogP contribution in [0, 0.1) is 0 Å². The highest BCUT2D eigenvalue weighted by atomic mass is 16.7. The van der Waals surface area contributed by atoms with Gasteiger partial charge in [-0.25, -0.2) is 5.48 Å². The molecule has 0 aliphatic rings. The first-order valence-electron chi connectivity index (χ1n) is 6.86. The van der Waals surface area contributed by atoms with Crippen molar-refractivity contribution in [3.63, 3.8) is 0 Å². The standard InChI is InChI=1S/C13H29NO3/c1-4-15-13(16-5-2)11-9-7-6-8-10-12-17-14-3/h13-14H,4-12H2,1-3H3. The molecule has 0 atom stereocenters. The number of rotatable bonds is 13. The van der Waals surface area contributed by atoms with E-state index >= 15 is 0 Å². The van der Waals surface area contributed by atoms with Crippen LogP contribution in [-0.4, -0.2) is 33.2 Å². The Morgan fingerprint density at radius 2 is 1.47 bits per heavy atom. The second-order valence-electron chi connectivity index (χ2n) is 3.95. The molecule has 0 aromatic carbocycles. The average molecular weight is 247 g/mol. The molecular weight excluding hydrogens is 218 g/mol. The Hall–Kier alpha value is -0.160. The minimum atomic E-state index is -0.00220. The molecule has 4 heteroatoms. The lowest BCUT2D eigenvalue weighted by Crippen LogP contribution is -2.17. The summed E-state index contributed by atoms with van der Waals surface area (Å²) in [6.45, 7) is 6.27. The van der Waals surface area contributed by atoms with E-state index in [1.807, 2.05) is 13.8 Å². The Morgan fingerprint density at radius 1 is 0.882 bits per heavy atom. The molecule has 4 nitrogen and oxygen atoms in total. The first-order chi connectivity index (χ1) is 8.35. The summed E-state index contributed by atoms with van der Waals surface area (Å²) in [6.07, 6.45) is 7.05. The molecule has 0 radical (unpaired) electrons. The van der Waals surface area contributed by atoms with E-state index in [0.29, 0.717) is 0 Å². The highest BCUT2D eigenvalue weighted by Crippen LogP contribution is 2.10. The molecule has 104 valence electrons. The van der Waals surface area contributed by atoms with Crippen molar-refractivity contribution in [2.45, 2.75) is 58.7 Å². The van der Waals surface area contributed by atoms with Crippen LogP contribution in [0.5, 0.6) is 0 Å². The summed E-state index contributed by atoms with van der Waals surface area (Å²) in [5.74, 6) is 0. The zero-order valence-corrected chi connectivity index (χ0v) is 11.7. The Balaban J connectivity index is 3.23. The van der Waals surface area contributed by atoms with Gasteiger partial charge in [-0.2, -0.15) is 0 Å². The van der Waals surface area contributed by atoms with Gasteiger partial charge in [-0.15, -0.1) is 0 Å². The molecule has 0 aromatic heterocycles. The van der Waals surface area contributed by atoms with E-state index in [-0.39, 0.29) is 6.29 Å². The monoisotopic (exact) mass is 247 g/mol. The van der Waals surface area contributed by atoms with Crippen LogP contribution in [0.4, 0.5) is 0 Å². The molecule has 0 aliphatic carbocycles. The third-order valence-corrected chi connectivity index (χ3v) is 2.54. The number of hydroxylamine groups is 1. The van der Waals surface area contributed by atoms with Crippen molar-refractivity contribution in [2.24, 2.45) is 0 Å². The average Bonchev–Trinajstić information content (AvgIpc) is 2.33. The Kier molecular flexibility index (Phi) is 13.8. The van der Waals surface area contributed by atoms with Crippen molar-refractivity contribution in [1.82, 2.24) is 5.48 Å². The minimum absolute atomic E-state index is 0.00220. The molecule has 1 N–H and O–H groups in total. The van der Waals surface area contributed by atoms with Crippen molar-refractivity contribution >= 4 is 0 Å². The predicted octanol–water partition coefficient (Wildman–Crippen LogP) is 2.88. The maximum atomic E-state index is 5.49. The molecular formula is C13H29NO3. The van der Waals surface area contributed by atoms with Crippen LogP contribution < -0.4 is 5.48 Å². The molecule has 0 aliphatic heterocycles. The van der Waals surface area contributed by atoms with Gasteiger partial charge >= 0.3 is 0 Å². The van der Waals surface area contributed by atoms with Gasteiger partial charge in [-0.3, -0.25) is 0 Å². The Labute approximate surface area is 106 Å². The van der Waals surface area contributed by atoms with Gasteiger partial charge < -0.3 is 14.3 Å². The quantitative estimate of drug-likeness (QED) is 0.309. The zero-order valence-electron chi connectivity index (χ0n) is 11.7. The lowest BCUT2D eigenvalue weighted by Gasteiger charge is -2.16. The number of ether oxygens (including phenoxy) is 2. The first kappa shape index (κ1) is 16.8. The number of hydrogen-bond acceptors (Lipinski definition) is 4. The molecule has 0 spiro atoms. The summed E-state index contributed by atoms with van der Waals surface area (Å²) in [5.41, 5.74) is 2.68. The largest absolute Gasteiger partial charge is 0.353 e. The van der Waals surface area contributed by atoms with Gasteiger partial charge in [-0.1, -0.05) is 19.3 Å². The van der Waals surface area contributed by atoms with Crippen LogP contribution in [0.2, 0.25) is 0 Å². The lowest BCUT2D eigenvalue weighted by atomic mass is 10.1. The van der Waals surface area contributed by atoms with Gasteiger partial charge in [0.1, 0.15) is 0 Å². The first-order valence-corrected chi connectivity index (χ1v) is 6.86. The van der Waals surface area contributed by atoms with Gasteiger partial charge in [0.25, 0.3) is 0 Å². The van der Waals surface area contributed by atoms with E-state index < -0.39 is 0 Å². The fourth-order valence-electron chi connectivity index (χ4n) is 1.70. The second-order valence-corrected chi connectivity index (χ2v) is 3.95. The summed E-state index contributed by atoms with van der Waals surface area (Å²) in [4.78, 5) is 5.05. The van der Waals surface area contributed by atoms with Crippen molar-refractivity contribution < 1.29 is 14.3 Å².